The average Bonchev–Trinajstić information content (AvgIpc) is 2.71. The van der Waals surface area contributed by atoms with E-state index in [1.165, 1.54) is 7.11 Å². The highest BCUT2D eigenvalue weighted by Crippen LogP contribution is 2.31. The third-order valence-electron chi connectivity index (χ3n) is 5.24. The highest BCUT2D eigenvalue weighted by Gasteiger charge is 2.31. The molecule has 0 radical (unpaired) electrons. The summed E-state index contributed by atoms with van der Waals surface area (Å²) in [6.45, 7) is 2.92. The maximum absolute atomic E-state index is 12.5. The van der Waals surface area contributed by atoms with Crippen LogP contribution in [0.15, 0.2) is 24.3 Å². The molecule has 0 heterocycles. The largest absolute Gasteiger partial charge is 0.465 e. The number of carbonyl (C=O) groups excluding carboxylic acids is 3. The van der Waals surface area contributed by atoms with E-state index in [0.717, 1.165) is 45.1 Å². The molecule has 0 aliphatic heterocycles. The number of carbonyl (C=O) groups is 3. The van der Waals surface area contributed by atoms with Crippen LogP contribution in [0.5, 0.6) is 0 Å². The Morgan fingerprint density at radius 3 is 2.22 bits per heavy atom. The Bertz CT molecular complexity index is 649. The van der Waals surface area contributed by atoms with Crippen molar-refractivity contribution < 1.29 is 19.1 Å². The zero-order valence-electron chi connectivity index (χ0n) is 16.5. The highest BCUT2D eigenvalue weighted by atomic mass is 16.5. The summed E-state index contributed by atoms with van der Waals surface area (Å²) in [5.74, 6) is -0.253. The van der Waals surface area contributed by atoms with E-state index in [9.17, 15) is 14.4 Å². The summed E-state index contributed by atoms with van der Waals surface area (Å²) in [7, 11) is 3.20. The van der Waals surface area contributed by atoms with Crippen LogP contribution in [0, 0.1) is 11.8 Å². The fourth-order valence-electron chi connectivity index (χ4n) is 3.47. The third kappa shape index (κ3) is 5.81. The maximum atomic E-state index is 12.5. The predicted molar refractivity (Wildman–Crippen MR) is 104 cm³/mol. The first-order valence-electron chi connectivity index (χ1n) is 9.70. The van der Waals surface area contributed by atoms with Gasteiger partial charge in [-0.25, -0.2) is 4.79 Å². The molecule has 0 aromatic heterocycles. The quantitative estimate of drug-likeness (QED) is 0.742. The molecule has 2 rings (SSSR count). The summed E-state index contributed by atoms with van der Waals surface area (Å²) in [5, 5.41) is 2.90. The van der Waals surface area contributed by atoms with Crippen LogP contribution in [0.4, 0.5) is 5.69 Å². The Balaban J connectivity index is 1.82. The van der Waals surface area contributed by atoms with Crippen molar-refractivity contribution in [2.75, 3.05) is 26.0 Å². The van der Waals surface area contributed by atoms with Gasteiger partial charge in [0.05, 0.1) is 12.7 Å². The first-order valence-corrected chi connectivity index (χ1v) is 9.70. The normalized spacial score (nSPS) is 19.2. The number of methoxy groups -OCH3 is 1. The minimum atomic E-state index is -0.403. The van der Waals surface area contributed by atoms with Gasteiger partial charge in [0, 0.05) is 31.1 Å². The summed E-state index contributed by atoms with van der Waals surface area (Å²) < 4.78 is 4.66. The molecule has 2 amide bonds. The van der Waals surface area contributed by atoms with Crippen molar-refractivity contribution in [2.45, 2.75) is 45.4 Å². The van der Waals surface area contributed by atoms with Gasteiger partial charge < -0.3 is 15.0 Å². The molecule has 1 aromatic carbocycles. The standard InChI is InChI=1S/C21H30N2O4/c1-4-5-14-23(2)20(25)16-8-6-15(7-9-16)19(24)22-18-12-10-17(11-13-18)21(26)27-3/h10-13,15-16H,4-9,14H2,1-3H3,(H,22,24). The van der Waals surface area contributed by atoms with Gasteiger partial charge in [-0.1, -0.05) is 13.3 Å². The van der Waals surface area contributed by atoms with Crippen LogP contribution in [-0.2, 0) is 14.3 Å². The number of hydrogen-bond donors (Lipinski definition) is 1. The summed E-state index contributed by atoms with van der Waals surface area (Å²) in [5.41, 5.74) is 1.10. The molecule has 0 atom stereocenters. The number of ether oxygens (including phenoxy) is 1. The molecule has 1 saturated carbocycles. The number of rotatable bonds is 7. The molecule has 6 heteroatoms. The van der Waals surface area contributed by atoms with E-state index in [0.29, 0.717) is 11.3 Å². The summed E-state index contributed by atoms with van der Waals surface area (Å²) in [6.07, 6.45) is 5.07. The molecule has 6 nitrogen and oxygen atoms in total. The first kappa shape index (κ1) is 20.9. The van der Waals surface area contributed by atoms with Crippen molar-refractivity contribution in [3.63, 3.8) is 0 Å². The number of nitrogens with zero attached hydrogens (tertiary/aromatic N) is 1. The number of nitrogens with one attached hydrogen (secondary N) is 1. The van der Waals surface area contributed by atoms with Gasteiger partial charge in [-0.15, -0.1) is 0 Å². The average molecular weight is 374 g/mol. The molecule has 1 aliphatic rings. The van der Waals surface area contributed by atoms with Crippen LogP contribution >= 0.6 is 0 Å². The Hall–Kier alpha value is -2.37. The van der Waals surface area contributed by atoms with E-state index in [4.69, 9.17) is 0 Å². The van der Waals surface area contributed by atoms with Gasteiger partial charge in [0.1, 0.15) is 0 Å². The van der Waals surface area contributed by atoms with Gasteiger partial charge in [0.25, 0.3) is 0 Å². The smallest absolute Gasteiger partial charge is 0.337 e. The van der Waals surface area contributed by atoms with Gasteiger partial charge in [-0.3, -0.25) is 9.59 Å². The number of benzene rings is 1. The number of esters is 1. The maximum Gasteiger partial charge on any atom is 0.337 e. The van der Waals surface area contributed by atoms with Crippen molar-refractivity contribution in [1.82, 2.24) is 4.90 Å². The summed E-state index contributed by atoms with van der Waals surface area (Å²) >= 11 is 0. The zero-order valence-corrected chi connectivity index (χ0v) is 16.5. The van der Waals surface area contributed by atoms with Crippen molar-refractivity contribution in [3.8, 4) is 0 Å². The number of hydrogen-bond acceptors (Lipinski definition) is 4. The zero-order chi connectivity index (χ0) is 19.8. The topological polar surface area (TPSA) is 75.7 Å². The fourth-order valence-corrected chi connectivity index (χ4v) is 3.47. The minimum absolute atomic E-state index is 0.0222. The first-order chi connectivity index (χ1) is 13.0. The Morgan fingerprint density at radius 1 is 1.07 bits per heavy atom. The lowest BCUT2D eigenvalue weighted by atomic mass is 9.81. The molecule has 1 aliphatic carbocycles. The lowest BCUT2D eigenvalue weighted by Gasteiger charge is -2.30. The minimum Gasteiger partial charge on any atom is -0.465 e. The van der Waals surface area contributed by atoms with Gasteiger partial charge in [-0.05, 0) is 56.4 Å². The summed E-state index contributed by atoms with van der Waals surface area (Å²) in [4.78, 5) is 38.2. The molecule has 0 unspecified atom stereocenters. The molecule has 27 heavy (non-hydrogen) atoms. The molecular weight excluding hydrogens is 344 g/mol. The van der Waals surface area contributed by atoms with E-state index in [2.05, 4.69) is 17.0 Å². The SMILES string of the molecule is CCCCN(C)C(=O)C1CCC(C(=O)Nc2ccc(C(=O)OC)cc2)CC1. The number of unbranched alkanes of at least 4 members (excludes halogenated alkanes) is 1. The lowest BCUT2D eigenvalue weighted by Crippen LogP contribution is -2.37. The van der Waals surface area contributed by atoms with Crippen LogP contribution in [0.1, 0.15) is 55.8 Å². The Kier molecular flexibility index (Phi) is 7.82. The Labute approximate surface area is 161 Å². The van der Waals surface area contributed by atoms with Crippen molar-refractivity contribution in [2.24, 2.45) is 11.8 Å². The molecule has 1 N–H and O–H groups in total. The second-order valence-corrected chi connectivity index (χ2v) is 7.22. The van der Waals surface area contributed by atoms with E-state index in [1.54, 1.807) is 24.3 Å². The van der Waals surface area contributed by atoms with E-state index in [-0.39, 0.29) is 23.7 Å². The van der Waals surface area contributed by atoms with Crippen molar-refractivity contribution in [1.29, 1.82) is 0 Å². The highest BCUT2D eigenvalue weighted by molar-refractivity contribution is 5.94. The molecule has 0 spiro atoms. The predicted octanol–water partition coefficient (Wildman–Crippen LogP) is 3.48. The molecular formula is C21H30N2O4. The van der Waals surface area contributed by atoms with E-state index < -0.39 is 5.97 Å². The second-order valence-electron chi connectivity index (χ2n) is 7.22. The molecule has 0 saturated heterocycles. The van der Waals surface area contributed by atoms with Crippen LogP contribution < -0.4 is 5.32 Å². The van der Waals surface area contributed by atoms with Gasteiger partial charge in [0.15, 0.2) is 0 Å². The van der Waals surface area contributed by atoms with Gasteiger partial charge >= 0.3 is 5.97 Å². The van der Waals surface area contributed by atoms with Gasteiger partial charge in [-0.2, -0.15) is 0 Å². The van der Waals surface area contributed by atoms with E-state index >= 15 is 0 Å². The monoisotopic (exact) mass is 374 g/mol. The molecule has 1 aromatic rings. The Morgan fingerprint density at radius 2 is 1.67 bits per heavy atom. The fraction of sp³-hybridized carbons (Fsp3) is 0.571. The van der Waals surface area contributed by atoms with Crippen LogP contribution in [0.2, 0.25) is 0 Å². The van der Waals surface area contributed by atoms with Crippen LogP contribution in [0.3, 0.4) is 0 Å². The van der Waals surface area contributed by atoms with E-state index in [1.807, 2.05) is 11.9 Å². The van der Waals surface area contributed by atoms with Crippen LogP contribution in [0.25, 0.3) is 0 Å². The van der Waals surface area contributed by atoms with Crippen LogP contribution in [-0.4, -0.2) is 43.4 Å². The number of amides is 2. The lowest BCUT2D eigenvalue weighted by molar-refractivity contribution is -0.136. The summed E-state index contributed by atoms with van der Waals surface area (Å²) in [6, 6.07) is 6.65. The molecule has 0 bridgehead atoms. The molecule has 1 fully saturated rings. The second kappa shape index (κ2) is 10.1. The van der Waals surface area contributed by atoms with Gasteiger partial charge in [0.2, 0.25) is 11.8 Å². The third-order valence-corrected chi connectivity index (χ3v) is 5.24. The molecule has 148 valence electrons. The number of anilines is 1. The van der Waals surface area contributed by atoms with Crippen molar-refractivity contribution in [3.05, 3.63) is 29.8 Å². The van der Waals surface area contributed by atoms with Crippen molar-refractivity contribution >= 4 is 23.5 Å².